The van der Waals surface area contributed by atoms with Crippen LogP contribution in [0, 0.1) is 0 Å². The summed E-state index contributed by atoms with van der Waals surface area (Å²) in [6.07, 6.45) is 1.97. The van der Waals surface area contributed by atoms with Gasteiger partial charge in [-0.3, -0.25) is 0 Å². The number of benzene rings is 1. The van der Waals surface area contributed by atoms with Gasteiger partial charge in [0.15, 0.2) is 5.82 Å². The van der Waals surface area contributed by atoms with Crippen LogP contribution < -0.4 is 0 Å². The van der Waals surface area contributed by atoms with Gasteiger partial charge in [0.2, 0.25) is 5.89 Å². The number of aromatic nitrogens is 2. The van der Waals surface area contributed by atoms with E-state index in [0.29, 0.717) is 18.7 Å². The first-order chi connectivity index (χ1) is 8.74. The van der Waals surface area contributed by atoms with Gasteiger partial charge in [0.05, 0.1) is 5.92 Å². The molecular formula is C14H14N2O2. The average molecular weight is 242 g/mol. The van der Waals surface area contributed by atoms with Crippen LogP contribution in [0.1, 0.15) is 42.1 Å². The summed E-state index contributed by atoms with van der Waals surface area (Å²) in [5.41, 5.74) is 2.65. The average Bonchev–Trinajstić information content (AvgIpc) is 2.77. The maximum atomic E-state index is 10.9. The Morgan fingerprint density at radius 1 is 1.44 bits per heavy atom. The Labute approximate surface area is 105 Å². The molecule has 0 saturated heterocycles. The molecule has 1 aromatic heterocycles. The molecule has 1 aromatic carbocycles. The maximum Gasteiger partial charge on any atom is 0.227 e. The van der Waals surface area contributed by atoms with Crippen molar-refractivity contribution in [3.8, 4) is 0 Å². The Kier molecular flexibility index (Phi) is 2.70. The number of fused-ring (bicyclic) bond motifs is 1. The molecule has 1 atom stereocenters. The van der Waals surface area contributed by atoms with Crippen LogP contribution >= 0.6 is 0 Å². The zero-order chi connectivity index (χ0) is 12.5. The lowest BCUT2D eigenvalue weighted by molar-refractivity contribution is -0.117. The number of carbonyl (C=O) groups excluding carboxylic acids is 1. The van der Waals surface area contributed by atoms with Gasteiger partial charge in [0, 0.05) is 12.8 Å². The van der Waals surface area contributed by atoms with Crippen molar-refractivity contribution < 1.29 is 9.32 Å². The first kappa shape index (κ1) is 11.1. The Balaban J connectivity index is 1.74. The van der Waals surface area contributed by atoms with Gasteiger partial charge in [0.1, 0.15) is 5.78 Å². The molecule has 0 spiro atoms. The van der Waals surface area contributed by atoms with E-state index in [1.54, 1.807) is 6.92 Å². The second-order valence-electron chi connectivity index (χ2n) is 4.70. The molecule has 3 rings (SSSR count). The van der Waals surface area contributed by atoms with Crippen molar-refractivity contribution in [2.45, 2.75) is 32.1 Å². The fourth-order valence-electron chi connectivity index (χ4n) is 2.28. The molecule has 0 aliphatic heterocycles. The summed E-state index contributed by atoms with van der Waals surface area (Å²) in [6.45, 7) is 1.57. The topological polar surface area (TPSA) is 56.0 Å². The number of nitrogens with zero attached hydrogens (tertiary/aromatic N) is 2. The molecule has 0 saturated carbocycles. The minimum absolute atomic E-state index is 0.142. The number of Topliss-reactive ketones (excluding diaryl/α,β-unsaturated/α-hetero) is 1. The summed E-state index contributed by atoms with van der Waals surface area (Å²) in [5, 5.41) is 4.02. The molecule has 0 N–H and O–H groups in total. The molecule has 0 amide bonds. The summed E-state index contributed by atoms with van der Waals surface area (Å²) in [4.78, 5) is 15.3. The van der Waals surface area contributed by atoms with Crippen molar-refractivity contribution in [2.24, 2.45) is 0 Å². The SMILES string of the molecule is CC(=O)CCc1nc(C2Cc3ccccc32)no1. The lowest BCUT2D eigenvalue weighted by atomic mass is 9.77. The molecule has 1 aliphatic rings. The van der Waals surface area contributed by atoms with Gasteiger partial charge in [-0.25, -0.2) is 0 Å². The summed E-state index contributed by atoms with van der Waals surface area (Å²) < 4.78 is 5.17. The van der Waals surface area contributed by atoms with E-state index in [9.17, 15) is 4.79 Å². The van der Waals surface area contributed by atoms with Crippen LogP contribution in [-0.4, -0.2) is 15.9 Å². The van der Waals surface area contributed by atoms with E-state index >= 15 is 0 Å². The molecule has 4 heteroatoms. The highest BCUT2D eigenvalue weighted by molar-refractivity contribution is 5.75. The third kappa shape index (κ3) is 1.94. The van der Waals surface area contributed by atoms with E-state index in [1.165, 1.54) is 11.1 Å². The first-order valence-electron chi connectivity index (χ1n) is 6.14. The highest BCUT2D eigenvalue weighted by Gasteiger charge is 2.30. The van der Waals surface area contributed by atoms with Crippen molar-refractivity contribution in [3.05, 3.63) is 47.1 Å². The largest absolute Gasteiger partial charge is 0.339 e. The molecule has 92 valence electrons. The number of hydrogen-bond acceptors (Lipinski definition) is 4. The lowest BCUT2D eigenvalue weighted by Gasteiger charge is -2.27. The maximum absolute atomic E-state index is 10.9. The fraction of sp³-hybridized carbons (Fsp3) is 0.357. The number of ketones is 1. The van der Waals surface area contributed by atoms with Gasteiger partial charge < -0.3 is 9.32 Å². The van der Waals surface area contributed by atoms with Crippen LogP contribution in [0.5, 0.6) is 0 Å². The van der Waals surface area contributed by atoms with Crippen molar-refractivity contribution >= 4 is 5.78 Å². The van der Waals surface area contributed by atoms with E-state index in [1.807, 2.05) is 12.1 Å². The van der Waals surface area contributed by atoms with Crippen LogP contribution in [0.2, 0.25) is 0 Å². The third-order valence-electron chi connectivity index (χ3n) is 3.34. The Hall–Kier alpha value is -1.97. The predicted octanol–water partition coefficient (Wildman–Crippen LogP) is 2.28. The van der Waals surface area contributed by atoms with Crippen molar-refractivity contribution in [1.82, 2.24) is 10.1 Å². The van der Waals surface area contributed by atoms with Gasteiger partial charge in [-0.05, 0) is 24.5 Å². The van der Waals surface area contributed by atoms with Crippen LogP contribution in [0.25, 0.3) is 0 Å². The molecule has 0 fully saturated rings. The van der Waals surface area contributed by atoms with Crippen LogP contribution in [0.4, 0.5) is 0 Å². The highest BCUT2D eigenvalue weighted by Crippen LogP contribution is 2.38. The van der Waals surface area contributed by atoms with Crippen molar-refractivity contribution in [2.75, 3.05) is 0 Å². The van der Waals surface area contributed by atoms with Gasteiger partial charge >= 0.3 is 0 Å². The Morgan fingerprint density at radius 3 is 3.06 bits per heavy atom. The molecule has 1 heterocycles. The van der Waals surface area contributed by atoms with Crippen molar-refractivity contribution in [1.29, 1.82) is 0 Å². The van der Waals surface area contributed by atoms with E-state index in [-0.39, 0.29) is 11.7 Å². The zero-order valence-corrected chi connectivity index (χ0v) is 10.2. The molecule has 1 aliphatic carbocycles. The summed E-state index contributed by atoms with van der Waals surface area (Å²) in [6, 6.07) is 8.31. The lowest BCUT2D eigenvalue weighted by Crippen LogP contribution is -2.19. The van der Waals surface area contributed by atoms with E-state index < -0.39 is 0 Å². The standard InChI is InChI=1S/C14H14N2O2/c1-9(17)6-7-13-15-14(16-18-13)12-8-10-4-2-3-5-11(10)12/h2-5,12H,6-8H2,1H3. The second-order valence-corrected chi connectivity index (χ2v) is 4.70. The van der Waals surface area contributed by atoms with Crippen LogP contribution in [0.3, 0.4) is 0 Å². The number of carbonyl (C=O) groups is 1. The van der Waals surface area contributed by atoms with Gasteiger partial charge in [0.25, 0.3) is 0 Å². The molecule has 0 radical (unpaired) electrons. The van der Waals surface area contributed by atoms with Crippen LogP contribution in [-0.2, 0) is 17.6 Å². The number of hydrogen-bond donors (Lipinski definition) is 0. The van der Waals surface area contributed by atoms with E-state index in [4.69, 9.17) is 4.52 Å². The quantitative estimate of drug-likeness (QED) is 0.825. The van der Waals surface area contributed by atoms with Gasteiger partial charge in [-0.15, -0.1) is 0 Å². The van der Waals surface area contributed by atoms with E-state index in [2.05, 4.69) is 22.3 Å². The summed E-state index contributed by atoms with van der Waals surface area (Å²) in [7, 11) is 0. The second kappa shape index (κ2) is 4.37. The minimum Gasteiger partial charge on any atom is -0.339 e. The van der Waals surface area contributed by atoms with Crippen LogP contribution in [0.15, 0.2) is 28.8 Å². The molecule has 4 nitrogen and oxygen atoms in total. The molecule has 0 bridgehead atoms. The third-order valence-corrected chi connectivity index (χ3v) is 3.34. The van der Waals surface area contributed by atoms with E-state index in [0.717, 1.165) is 12.2 Å². The zero-order valence-electron chi connectivity index (χ0n) is 10.2. The number of rotatable bonds is 4. The van der Waals surface area contributed by atoms with Gasteiger partial charge in [-0.2, -0.15) is 4.98 Å². The Morgan fingerprint density at radius 2 is 2.28 bits per heavy atom. The number of aryl methyl sites for hydroxylation is 1. The fourth-order valence-corrected chi connectivity index (χ4v) is 2.28. The molecule has 2 aromatic rings. The summed E-state index contributed by atoms with van der Waals surface area (Å²) in [5.74, 6) is 1.71. The van der Waals surface area contributed by atoms with Gasteiger partial charge in [-0.1, -0.05) is 29.4 Å². The highest BCUT2D eigenvalue weighted by atomic mass is 16.5. The first-order valence-corrected chi connectivity index (χ1v) is 6.14. The van der Waals surface area contributed by atoms with Crippen molar-refractivity contribution in [3.63, 3.8) is 0 Å². The predicted molar refractivity (Wildman–Crippen MR) is 65.3 cm³/mol. The molecule has 1 unspecified atom stereocenters. The monoisotopic (exact) mass is 242 g/mol. The minimum atomic E-state index is 0.142. The molecular weight excluding hydrogens is 228 g/mol. The Bertz CT molecular complexity index is 589. The smallest absolute Gasteiger partial charge is 0.227 e. The molecule has 18 heavy (non-hydrogen) atoms. The summed E-state index contributed by atoms with van der Waals surface area (Å²) >= 11 is 0. The normalized spacial score (nSPS) is 17.1.